The van der Waals surface area contributed by atoms with Crippen LogP contribution >= 0.6 is 15.6 Å². The van der Waals surface area contributed by atoms with Gasteiger partial charge in [0.25, 0.3) is 0 Å². The fourth-order valence-electron chi connectivity index (χ4n) is 7.69. The second kappa shape index (κ2) is 35.8. The van der Waals surface area contributed by atoms with Gasteiger partial charge in [0, 0.05) is 19.0 Å². The van der Waals surface area contributed by atoms with Crippen LogP contribution in [0, 0.1) is 0 Å². The van der Waals surface area contributed by atoms with Crippen molar-refractivity contribution in [2.45, 2.75) is 211 Å². The molecule has 0 radical (unpaired) electrons. The molecule has 4 unspecified atom stereocenters. The fourth-order valence-corrected chi connectivity index (χ4v) is 9.80. The van der Waals surface area contributed by atoms with E-state index < -0.39 is 83.7 Å². The van der Waals surface area contributed by atoms with Crippen LogP contribution in [0.1, 0.15) is 174 Å². The molecule has 0 aliphatic carbocycles. The highest BCUT2D eigenvalue weighted by Gasteiger charge is 2.46. The largest absolute Gasteiger partial charge is 0.481 e. The summed E-state index contributed by atoms with van der Waals surface area (Å²) in [5.74, 6) is -1.39. The van der Waals surface area contributed by atoms with Gasteiger partial charge in [-0.15, -0.1) is 0 Å². The molecule has 3 heterocycles. The first kappa shape index (κ1) is 62.0. The number of phosphoric acid groups is 2. The number of hydrogen-bond donors (Lipinski definition) is 5. The van der Waals surface area contributed by atoms with E-state index in [9.17, 15) is 43.5 Å². The van der Waals surface area contributed by atoms with Gasteiger partial charge in [0.05, 0.1) is 25.4 Å². The minimum Gasteiger partial charge on any atom is -0.462 e. The molecule has 1 aromatic rings. The number of carbonyl (C=O) groups is 2. The van der Waals surface area contributed by atoms with Crippen molar-refractivity contribution in [3.63, 3.8) is 0 Å². The van der Waals surface area contributed by atoms with E-state index in [0.717, 1.165) is 75.0 Å². The molecule has 3 rings (SSSR count). The summed E-state index contributed by atoms with van der Waals surface area (Å²) < 4.78 is 62.6. The highest BCUT2D eigenvalue weighted by Crippen LogP contribution is 2.60. The highest BCUT2D eigenvalue weighted by atomic mass is 31.3. The van der Waals surface area contributed by atoms with E-state index in [2.05, 4.69) is 71.8 Å². The maximum atomic E-state index is 12.9. The van der Waals surface area contributed by atoms with Gasteiger partial charge in [-0.1, -0.05) is 127 Å². The number of phosphoric ester groups is 2. The molecule has 6 N–H and O–H groups in total. The van der Waals surface area contributed by atoms with Crippen LogP contribution < -0.4 is 11.4 Å². The van der Waals surface area contributed by atoms with Crippen molar-refractivity contribution in [3.05, 3.63) is 71.4 Å². The van der Waals surface area contributed by atoms with Crippen LogP contribution in [-0.2, 0) is 51.0 Å². The number of nitrogens with two attached hydrogens (primary N) is 1. The van der Waals surface area contributed by atoms with Crippen molar-refractivity contribution in [1.82, 2.24) is 9.55 Å². The first-order valence-corrected chi connectivity index (χ1v) is 28.8. The number of epoxide rings is 1. The average molecular weight is 1040 g/mol. The summed E-state index contributed by atoms with van der Waals surface area (Å²) in [4.78, 5) is 62.1. The number of aliphatic hydroxyl groups is 2. The SMILES string of the molecule is CCCCC/C=C\C/C=C\C/C=C\CC1OC1CCCC(=O)O[C@H](COC(=O)CCCCCCC/C=C\CCCCCCCC)COP(=O)(O)OP(=O)(O)OC[C@H]1O[C@@H](n2ccc(N)nc2=O)[C@H](O)[C@@H]1O. The van der Waals surface area contributed by atoms with E-state index in [1.807, 2.05) is 0 Å². The van der Waals surface area contributed by atoms with Gasteiger partial charge >= 0.3 is 33.3 Å². The van der Waals surface area contributed by atoms with Crippen molar-refractivity contribution in [3.8, 4) is 0 Å². The lowest BCUT2D eigenvalue weighted by Crippen LogP contribution is -2.36. The normalized spacial score (nSPS) is 22.4. The molecule has 1 aromatic heterocycles. The molecule has 0 bridgehead atoms. The van der Waals surface area contributed by atoms with Crippen molar-refractivity contribution < 1.29 is 71.0 Å². The maximum Gasteiger partial charge on any atom is 0.481 e. The molecule has 9 atom stereocenters. The second-order valence-electron chi connectivity index (χ2n) is 18.1. The van der Waals surface area contributed by atoms with Crippen LogP contribution in [0.3, 0.4) is 0 Å². The first-order valence-electron chi connectivity index (χ1n) is 25.8. The molecular formula is C50H83N3O16P2. The van der Waals surface area contributed by atoms with Gasteiger partial charge in [-0.3, -0.25) is 23.2 Å². The van der Waals surface area contributed by atoms with Gasteiger partial charge in [0.1, 0.15) is 30.7 Å². The second-order valence-corrected chi connectivity index (χ2v) is 21.1. The van der Waals surface area contributed by atoms with Crippen LogP contribution in [0.25, 0.3) is 0 Å². The van der Waals surface area contributed by atoms with Crippen molar-refractivity contribution >= 4 is 33.4 Å². The Morgan fingerprint density at radius 3 is 1.94 bits per heavy atom. The van der Waals surface area contributed by atoms with E-state index in [1.54, 1.807) is 0 Å². The molecule has 404 valence electrons. The Labute approximate surface area is 420 Å². The number of anilines is 1. The summed E-state index contributed by atoms with van der Waals surface area (Å²) in [5.41, 5.74) is 4.58. The summed E-state index contributed by atoms with van der Waals surface area (Å²) in [7, 11) is -10.9. The van der Waals surface area contributed by atoms with E-state index in [1.165, 1.54) is 63.9 Å². The van der Waals surface area contributed by atoms with Crippen LogP contribution in [-0.4, -0.2) is 97.9 Å². The summed E-state index contributed by atoms with van der Waals surface area (Å²) in [6.45, 7) is 2.04. The average Bonchev–Trinajstić information content (AvgIpc) is 4.01. The van der Waals surface area contributed by atoms with Crippen molar-refractivity contribution in [2.24, 2.45) is 0 Å². The number of hydrogen-bond acceptors (Lipinski definition) is 16. The zero-order chi connectivity index (χ0) is 51.7. The third kappa shape index (κ3) is 28.1. The molecule has 21 heteroatoms. The first-order chi connectivity index (χ1) is 34.1. The van der Waals surface area contributed by atoms with Crippen LogP contribution in [0.5, 0.6) is 0 Å². The lowest BCUT2D eigenvalue weighted by Gasteiger charge is -2.21. The minimum atomic E-state index is -5.44. The number of rotatable bonds is 41. The molecule has 0 saturated carbocycles. The number of ether oxygens (including phenoxy) is 4. The van der Waals surface area contributed by atoms with Gasteiger partial charge in [-0.05, 0) is 83.1 Å². The van der Waals surface area contributed by atoms with E-state index in [4.69, 9.17) is 33.7 Å². The zero-order valence-corrected chi connectivity index (χ0v) is 43.7. The van der Waals surface area contributed by atoms with Gasteiger partial charge < -0.3 is 44.7 Å². The van der Waals surface area contributed by atoms with Crippen LogP contribution in [0.15, 0.2) is 65.7 Å². The number of nitrogens with zero attached hydrogens (tertiary/aromatic N) is 2. The zero-order valence-electron chi connectivity index (χ0n) is 42.0. The van der Waals surface area contributed by atoms with Gasteiger partial charge in [0.2, 0.25) is 0 Å². The lowest BCUT2D eigenvalue weighted by atomic mass is 10.1. The van der Waals surface area contributed by atoms with Crippen LogP contribution in [0.4, 0.5) is 5.82 Å². The molecule has 0 spiro atoms. The molecule has 2 fully saturated rings. The summed E-state index contributed by atoms with van der Waals surface area (Å²) in [5, 5.41) is 20.9. The standard InChI is InChI=1S/C50H83N3O16P2/c1-3-5-7-9-11-13-15-17-18-19-21-23-25-27-29-33-45(54)63-37-40(66-46(55)34-30-32-42-41(67-42)31-28-26-24-22-20-16-14-12-10-8-6-4-2)38-64-70(59,60)69-71(61,62)65-39-43-47(56)48(57)49(68-43)53-36-35-44(51)52-50(53)58/h12,14,17-18,20,22,26,28,35-36,40-43,47-49,56-57H,3-11,13,15-16,19,21,23-25,27,29-34,37-39H2,1-2H3,(H,59,60)(H,61,62)(H2,51,52,58)/b14-12-,18-17-,22-20-,28-26-/t40-,41?,42?,43-,47-,48-,49-/m1/s1. The van der Waals surface area contributed by atoms with Gasteiger partial charge in [0.15, 0.2) is 12.3 Å². The number of esters is 2. The topological polar surface area (TPSA) is 278 Å². The molecule has 71 heavy (non-hydrogen) atoms. The monoisotopic (exact) mass is 1040 g/mol. The predicted octanol–water partition coefficient (Wildman–Crippen LogP) is 9.54. The highest BCUT2D eigenvalue weighted by molar-refractivity contribution is 7.61. The van der Waals surface area contributed by atoms with E-state index in [0.29, 0.717) is 19.3 Å². The Bertz CT molecular complexity index is 1950. The predicted molar refractivity (Wildman–Crippen MR) is 270 cm³/mol. The Kier molecular flexibility index (Phi) is 31.2. The van der Waals surface area contributed by atoms with Crippen molar-refractivity contribution in [2.75, 3.05) is 25.6 Å². The Morgan fingerprint density at radius 2 is 1.27 bits per heavy atom. The summed E-state index contributed by atoms with van der Waals surface area (Å²) in [6, 6.07) is 1.24. The summed E-state index contributed by atoms with van der Waals surface area (Å²) in [6.07, 6.45) is 33.5. The number of carbonyl (C=O) groups excluding carboxylic acids is 2. The third-order valence-corrected chi connectivity index (χ3v) is 14.4. The van der Waals surface area contributed by atoms with Crippen molar-refractivity contribution in [1.29, 1.82) is 0 Å². The van der Waals surface area contributed by atoms with E-state index >= 15 is 0 Å². The number of nitrogen functional groups attached to an aromatic ring is 1. The summed E-state index contributed by atoms with van der Waals surface area (Å²) >= 11 is 0. The minimum absolute atomic E-state index is 0.00751. The number of allylic oxidation sites excluding steroid dienone is 7. The maximum absolute atomic E-state index is 12.9. The Morgan fingerprint density at radius 1 is 0.704 bits per heavy atom. The molecule has 2 aliphatic heterocycles. The number of aromatic nitrogens is 2. The molecule has 19 nitrogen and oxygen atoms in total. The third-order valence-electron chi connectivity index (χ3n) is 11.8. The Balaban J connectivity index is 1.42. The molecule has 0 aromatic carbocycles. The molecule has 2 saturated heterocycles. The smallest absolute Gasteiger partial charge is 0.462 e. The number of aliphatic hydroxyl groups excluding tert-OH is 2. The van der Waals surface area contributed by atoms with Crippen LogP contribution in [0.2, 0.25) is 0 Å². The van der Waals surface area contributed by atoms with Gasteiger partial charge in [-0.2, -0.15) is 9.29 Å². The lowest BCUT2D eigenvalue weighted by molar-refractivity contribution is -0.161. The van der Waals surface area contributed by atoms with Gasteiger partial charge in [-0.25, -0.2) is 13.9 Å². The Hall–Kier alpha value is -3.32. The number of unbranched alkanes of at least 4 members (excludes halogenated alkanes) is 14. The van der Waals surface area contributed by atoms with E-state index in [-0.39, 0.29) is 30.9 Å². The molecule has 0 amide bonds. The quantitative estimate of drug-likeness (QED) is 0.0134. The fraction of sp³-hybridized carbons (Fsp3) is 0.720. The molecular weight excluding hydrogens is 961 g/mol. The molecule has 2 aliphatic rings.